The van der Waals surface area contributed by atoms with E-state index in [1.54, 1.807) is 0 Å². The van der Waals surface area contributed by atoms with Gasteiger partial charge in [0.2, 0.25) is 4.96 Å². The highest BCUT2D eigenvalue weighted by molar-refractivity contribution is 7.16. The van der Waals surface area contributed by atoms with Crippen molar-refractivity contribution in [2.45, 2.75) is 46.5 Å². The molecule has 5 nitrogen and oxygen atoms in total. The maximum absolute atomic E-state index is 11.5. The zero-order valence-electron chi connectivity index (χ0n) is 11.9. The highest BCUT2D eigenvalue weighted by Gasteiger charge is 2.29. The summed E-state index contributed by atoms with van der Waals surface area (Å²) >= 11 is 1.47. The second-order valence-electron chi connectivity index (χ2n) is 6.15. The van der Waals surface area contributed by atoms with Gasteiger partial charge in [-0.2, -0.15) is 9.61 Å². The Kier molecular flexibility index (Phi) is 3.38. The van der Waals surface area contributed by atoms with Crippen LogP contribution in [0, 0.1) is 5.92 Å². The monoisotopic (exact) mass is 281 g/mol. The molecule has 0 saturated carbocycles. The first-order valence-corrected chi connectivity index (χ1v) is 7.14. The number of rotatable bonds is 3. The molecule has 0 fully saturated rings. The quantitative estimate of drug-likeness (QED) is 0.939. The summed E-state index contributed by atoms with van der Waals surface area (Å²) in [5.41, 5.74) is 0.475. The molecular weight excluding hydrogens is 262 g/mol. The molecule has 6 heteroatoms. The summed E-state index contributed by atoms with van der Waals surface area (Å²) in [7, 11) is 0. The van der Waals surface area contributed by atoms with Crippen LogP contribution in [0.1, 0.15) is 55.8 Å². The van der Waals surface area contributed by atoms with E-state index in [4.69, 9.17) is 0 Å². The summed E-state index contributed by atoms with van der Waals surface area (Å²) in [5, 5.41) is 14.7. The van der Waals surface area contributed by atoms with Crippen LogP contribution in [0.4, 0.5) is 0 Å². The van der Waals surface area contributed by atoms with Crippen molar-refractivity contribution in [2.24, 2.45) is 5.92 Å². The van der Waals surface area contributed by atoms with Crippen molar-refractivity contribution < 1.29 is 9.90 Å². The number of carboxylic acids is 1. The molecule has 0 aliphatic rings. The van der Waals surface area contributed by atoms with Crippen molar-refractivity contribution in [2.75, 3.05) is 0 Å². The second kappa shape index (κ2) is 4.59. The molecule has 0 atom stereocenters. The molecule has 0 spiro atoms. The number of aromatic carboxylic acids is 1. The van der Waals surface area contributed by atoms with Crippen molar-refractivity contribution in [3.63, 3.8) is 0 Å². The van der Waals surface area contributed by atoms with Gasteiger partial charge in [0.05, 0.1) is 5.69 Å². The van der Waals surface area contributed by atoms with Crippen molar-refractivity contribution in [3.05, 3.63) is 16.4 Å². The van der Waals surface area contributed by atoms with Crippen molar-refractivity contribution >= 4 is 22.3 Å². The van der Waals surface area contributed by atoms with E-state index in [1.165, 1.54) is 15.9 Å². The SMILES string of the molecule is CC(C)Cc1nn2c(C(=O)O)c(C(C)(C)C)nc2s1. The average molecular weight is 281 g/mol. The number of hydrogen-bond acceptors (Lipinski definition) is 4. The van der Waals surface area contributed by atoms with Crippen LogP contribution in [0.3, 0.4) is 0 Å². The van der Waals surface area contributed by atoms with Gasteiger partial charge in [0, 0.05) is 11.8 Å². The zero-order valence-corrected chi connectivity index (χ0v) is 12.7. The molecule has 0 unspecified atom stereocenters. The highest BCUT2D eigenvalue weighted by atomic mass is 32.1. The molecule has 104 valence electrons. The standard InChI is InChI=1S/C13H19N3O2S/c1-7(2)6-8-15-16-9(11(17)18)10(13(3,4)5)14-12(16)19-8/h7H,6H2,1-5H3,(H,17,18). The maximum atomic E-state index is 11.5. The molecule has 0 saturated heterocycles. The molecule has 2 aromatic rings. The van der Waals surface area contributed by atoms with Crippen molar-refractivity contribution in [3.8, 4) is 0 Å². The van der Waals surface area contributed by atoms with Crippen LogP contribution in [-0.2, 0) is 11.8 Å². The zero-order chi connectivity index (χ0) is 14.4. The maximum Gasteiger partial charge on any atom is 0.356 e. The minimum Gasteiger partial charge on any atom is -0.476 e. The molecular formula is C13H19N3O2S. The Hall–Kier alpha value is -1.43. The molecule has 0 radical (unpaired) electrons. The first-order valence-electron chi connectivity index (χ1n) is 6.32. The molecule has 0 bridgehead atoms. The third-order valence-corrected chi connectivity index (χ3v) is 3.67. The van der Waals surface area contributed by atoms with E-state index in [1.807, 2.05) is 20.8 Å². The average Bonchev–Trinajstić information content (AvgIpc) is 2.70. The Bertz CT molecular complexity index is 620. The Morgan fingerprint density at radius 2 is 2.05 bits per heavy atom. The van der Waals surface area contributed by atoms with E-state index in [0.717, 1.165) is 11.4 Å². The van der Waals surface area contributed by atoms with Crippen LogP contribution in [0.5, 0.6) is 0 Å². The van der Waals surface area contributed by atoms with Gasteiger partial charge in [0.1, 0.15) is 5.01 Å². The fourth-order valence-electron chi connectivity index (χ4n) is 1.93. The lowest BCUT2D eigenvalue weighted by Crippen LogP contribution is -2.18. The first-order chi connectivity index (χ1) is 8.70. The van der Waals surface area contributed by atoms with Gasteiger partial charge in [-0.1, -0.05) is 46.0 Å². The Morgan fingerprint density at radius 3 is 2.53 bits per heavy atom. The fraction of sp³-hybridized carbons (Fsp3) is 0.615. The summed E-state index contributed by atoms with van der Waals surface area (Å²) in [4.78, 5) is 16.6. The van der Waals surface area contributed by atoms with Gasteiger partial charge >= 0.3 is 5.97 Å². The number of nitrogens with zero attached hydrogens (tertiary/aromatic N) is 3. The molecule has 2 aromatic heterocycles. The van der Waals surface area contributed by atoms with Crippen LogP contribution in [-0.4, -0.2) is 25.7 Å². The summed E-state index contributed by atoms with van der Waals surface area (Å²) < 4.78 is 1.48. The Balaban J connectivity index is 2.60. The van der Waals surface area contributed by atoms with Gasteiger partial charge in [0.25, 0.3) is 0 Å². The van der Waals surface area contributed by atoms with E-state index in [2.05, 4.69) is 23.9 Å². The predicted molar refractivity (Wildman–Crippen MR) is 75.1 cm³/mol. The largest absolute Gasteiger partial charge is 0.476 e. The fourth-order valence-corrected chi connectivity index (χ4v) is 3.04. The lowest BCUT2D eigenvalue weighted by atomic mass is 9.91. The first kappa shape index (κ1) is 14.0. The van der Waals surface area contributed by atoms with Gasteiger partial charge < -0.3 is 5.11 Å². The number of hydrogen-bond donors (Lipinski definition) is 1. The second-order valence-corrected chi connectivity index (χ2v) is 7.19. The highest BCUT2D eigenvalue weighted by Crippen LogP contribution is 2.28. The van der Waals surface area contributed by atoms with Gasteiger partial charge in [0.15, 0.2) is 5.69 Å². The van der Waals surface area contributed by atoms with Crippen LogP contribution in [0.25, 0.3) is 4.96 Å². The lowest BCUT2D eigenvalue weighted by Gasteiger charge is -2.15. The molecule has 2 heterocycles. The molecule has 1 N–H and O–H groups in total. The third-order valence-electron chi connectivity index (χ3n) is 2.74. The molecule has 2 rings (SSSR count). The number of carbonyl (C=O) groups is 1. The summed E-state index contributed by atoms with van der Waals surface area (Å²) in [6, 6.07) is 0. The minimum absolute atomic E-state index is 0.189. The van der Waals surface area contributed by atoms with Gasteiger partial charge in [-0.3, -0.25) is 0 Å². The van der Waals surface area contributed by atoms with Crippen LogP contribution >= 0.6 is 11.3 Å². The molecule has 0 amide bonds. The molecule has 0 aromatic carbocycles. The number of fused-ring (bicyclic) bond motifs is 1. The normalized spacial score (nSPS) is 12.5. The van der Waals surface area contributed by atoms with Crippen LogP contribution in [0.2, 0.25) is 0 Å². The van der Waals surface area contributed by atoms with Crippen LogP contribution < -0.4 is 0 Å². The molecule has 19 heavy (non-hydrogen) atoms. The summed E-state index contributed by atoms with van der Waals surface area (Å²) in [6.45, 7) is 10.1. The van der Waals surface area contributed by atoms with E-state index in [-0.39, 0.29) is 11.1 Å². The van der Waals surface area contributed by atoms with Gasteiger partial charge in [-0.15, -0.1) is 0 Å². The Labute approximate surface area is 116 Å². The van der Waals surface area contributed by atoms with Gasteiger partial charge in [-0.05, 0) is 5.92 Å². The van der Waals surface area contributed by atoms with Crippen molar-refractivity contribution in [1.82, 2.24) is 14.6 Å². The molecule has 0 aliphatic carbocycles. The van der Waals surface area contributed by atoms with Crippen molar-refractivity contribution in [1.29, 1.82) is 0 Å². The van der Waals surface area contributed by atoms with E-state index >= 15 is 0 Å². The minimum atomic E-state index is -0.973. The molecule has 0 aliphatic heterocycles. The number of imidazole rings is 1. The van der Waals surface area contributed by atoms with E-state index < -0.39 is 5.97 Å². The van der Waals surface area contributed by atoms with Crippen LogP contribution in [0.15, 0.2) is 0 Å². The lowest BCUT2D eigenvalue weighted by molar-refractivity contribution is 0.0685. The van der Waals surface area contributed by atoms with E-state index in [9.17, 15) is 9.90 Å². The van der Waals surface area contributed by atoms with E-state index in [0.29, 0.717) is 16.6 Å². The van der Waals surface area contributed by atoms with Gasteiger partial charge in [-0.25, -0.2) is 9.78 Å². The number of carboxylic acid groups (broad SMARTS) is 1. The predicted octanol–water partition coefficient (Wildman–Crippen LogP) is 2.99. The topological polar surface area (TPSA) is 67.5 Å². The number of aromatic nitrogens is 3. The third kappa shape index (κ3) is 2.63. The summed E-state index contributed by atoms with van der Waals surface area (Å²) in [6.07, 6.45) is 0.845. The Morgan fingerprint density at radius 1 is 1.42 bits per heavy atom. The smallest absolute Gasteiger partial charge is 0.356 e. The summed E-state index contributed by atoms with van der Waals surface area (Å²) in [5.74, 6) is -0.481.